The molecule has 0 fully saturated rings. The number of amides is 1. The van der Waals surface area contributed by atoms with Gasteiger partial charge in [0.2, 0.25) is 5.91 Å². The summed E-state index contributed by atoms with van der Waals surface area (Å²) in [4.78, 5) is 23.0. The van der Waals surface area contributed by atoms with E-state index in [1.807, 2.05) is 49.4 Å². The number of hydrogen-bond acceptors (Lipinski definition) is 3. The maximum absolute atomic E-state index is 11.8. The van der Waals surface area contributed by atoms with Gasteiger partial charge in [-0.25, -0.2) is 0 Å². The molecule has 2 N–H and O–H groups in total. The number of benzene rings is 2. The van der Waals surface area contributed by atoms with Gasteiger partial charge in [0.25, 0.3) is 0 Å². The summed E-state index contributed by atoms with van der Waals surface area (Å²) in [5, 5.41) is 5.94. The fraction of sp³-hybridized carbons (Fsp3) is 0.222. The van der Waals surface area contributed by atoms with E-state index < -0.39 is 0 Å². The molecule has 0 atom stereocenters. The molecule has 1 amide bonds. The molecular formula is C18H18N2O2. The van der Waals surface area contributed by atoms with Gasteiger partial charge in [0.05, 0.1) is 6.54 Å². The molecule has 0 aromatic heterocycles. The average molecular weight is 294 g/mol. The van der Waals surface area contributed by atoms with Crippen molar-refractivity contribution < 1.29 is 9.59 Å². The highest BCUT2D eigenvalue weighted by Gasteiger charge is 2.18. The van der Waals surface area contributed by atoms with Crippen molar-refractivity contribution in [3.05, 3.63) is 53.6 Å². The van der Waals surface area contributed by atoms with Crippen molar-refractivity contribution in [1.82, 2.24) is 5.32 Å². The number of hydrogen-bond donors (Lipinski definition) is 2. The average Bonchev–Trinajstić information content (AvgIpc) is 2.94. The molecule has 0 bridgehead atoms. The maximum atomic E-state index is 11.8. The third-order valence-electron chi connectivity index (χ3n) is 3.86. The molecule has 2 aromatic carbocycles. The molecule has 0 saturated heterocycles. The normalized spacial score (nSPS) is 12.7. The molecule has 1 aliphatic rings. The summed E-state index contributed by atoms with van der Waals surface area (Å²) < 4.78 is 0. The summed E-state index contributed by atoms with van der Waals surface area (Å²) in [6.07, 6.45) is 0.495. The van der Waals surface area contributed by atoms with Crippen LogP contribution in [0, 0.1) is 0 Å². The number of fused-ring (bicyclic) bond motifs is 1. The van der Waals surface area contributed by atoms with Gasteiger partial charge in [-0.05, 0) is 28.8 Å². The minimum absolute atomic E-state index is 0.0497. The van der Waals surface area contributed by atoms with E-state index in [1.165, 1.54) is 0 Å². The quantitative estimate of drug-likeness (QED) is 0.911. The third-order valence-corrected chi connectivity index (χ3v) is 3.86. The van der Waals surface area contributed by atoms with E-state index in [0.717, 1.165) is 27.9 Å². The highest BCUT2D eigenvalue weighted by atomic mass is 16.1. The SMILES string of the molecule is CCC(=O)NCc1ccc(-c2ccc3c(c2)C(=O)CN3)cc1. The van der Waals surface area contributed by atoms with E-state index in [4.69, 9.17) is 0 Å². The minimum Gasteiger partial charge on any atom is -0.377 e. The van der Waals surface area contributed by atoms with E-state index in [1.54, 1.807) is 0 Å². The fourth-order valence-corrected chi connectivity index (χ4v) is 2.52. The lowest BCUT2D eigenvalue weighted by Gasteiger charge is -2.07. The van der Waals surface area contributed by atoms with Crippen LogP contribution in [0.5, 0.6) is 0 Å². The second-order valence-electron chi connectivity index (χ2n) is 5.36. The smallest absolute Gasteiger partial charge is 0.219 e. The molecule has 1 aliphatic heterocycles. The van der Waals surface area contributed by atoms with Crippen molar-refractivity contribution in [3.63, 3.8) is 0 Å². The van der Waals surface area contributed by atoms with Gasteiger partial charge >= 0.3 is 0 Å². The first-order valence-corrected chi connectivity index (χ1v) is 7.44. The van der Waals surface area contributed by atoms with Crippen molar-refractivity contribution >= 4 is 17.4 Å². The predicted molar refractivity (Wildman–Crippen MR) is 86.8 cm³/mol. The molecule has 0 aliphatic carbocycles. The molecule has 0 spiro atoms. The first kappa shape index (κ1) is 14.3. The Labute approximate surface area is 129 Å². The Balaban J connectivity index is 1.77. The van der Waals surface area contributed by atoms with Crippen LogP contribution in [0.2, 0.25) is 0 Å². The summed E-state index contributed by atoms with van der Waals surface area (Å²) in [5.41, 5.74) is 4.82. The van der Waals surface area contributed by atoms with Gasteiger partial charge in [0, 0.05) is 24.2 Å². The van der Waals surface area contributed by atoms with Crippen molar-refractivity contribution in [2.24, 2.45) is 0 Å². The Morgan fingerprint density at radius 1 is 1.14 bits per heavy atom. The fourth-order valence-electron chi connectivity index (χ4n) is 2.52. The van der Waals surface area contributed by atoms with Crippen LogP contribution < -0.4 is 10.6 Å². The molecule has 3 rings (SSSR count). The summed E-state index contributed by atoms with van der Waals surface area (Å²) in [5.74, 6) is 0.185. The van der Waals surface area contributed by atoms with E-state index in [2.05, 4.69) is 10.6 Å². The number of rotatable bonds is 4. The second-order valence-corrected chi connectivity index (χ2v) is 5.36. The van der Waals surface area contributed by atoms with Crippen LogP contribution in [0.1, 0.15) is 29.3 Å². The van der Waals surface area contributed by atoms with Crippen LogP contribution in [0.15, 0.2) is 42.5 Å². The van der Waals surface area contributed by atoms with Crippen molar-refractivity contribution in [2.75, 3.05) is 11.9 Å². The highest BCUT2D eigenvalue weighted by Crippen LogP contribution is 2.28. The summed E-state index contributed by atoms with van der Waals surface area (Å²) >= 11 is 0. The van der Waals surface area contributed by atoms with Crippen LogP contribution in [-0.4, -0.2) is 18.2 Å². The zero-order chi connectivity index (χ0) is 15.5. The van der Waals surface area contributed by atoms with Gasteiger partial charge in [-0.1, -0.05) is 37.3 Å². The van der Waals surface area contributed by atoms with Gasteiger partial charge in [0.1, 0.15) is 0 Å². The molecule has 4 heteroatoms. The highest BCUT2D eigenvalue weighted by molar-refractivity contribution is 6.08. The maximum Gasteiger partial charge on any atom is 0.219 e. The minimum atomic E-state index is 0.0497. The zero-order valence-electron chi connectivity index (χ0n) is 12.5. The lowest BCUT2D eigenvalue weighted by molar-refractivity contribution is -0.120. The Bertz CT molecular complexity index is 720. The standard InChI is InChI=1S/C18H18N2O2/c1-2-18(22)20-10-12-3-5-13(6-4-12)14-7-8-16-15(9-14)17(21)11-19-16/h3-9,19H,2,10-11H2,1H3,(H,20,22). The Morgan fingerprint density at radius 3 is 2.59 bits per heavy atom. The van der Waals surface area contributed by atoms with E-state index in [0.29, 0.717) is 19.5 Å². The lowest BCUT2D eigenvalue weighted by atomic mass is 10.0. The first-order valence-electron chi connectivity index (χ1n) is 7.44. The summed E-state index contributed by atoms with van der Waals surface area (Å²) in [6, 6.07) is 13.9. The molecule has 0 saturated carbocycles. The van der Waals surface area contributed by atoms with Crippen molar-refractivity contribution in [2.45, 2.75) is 19.9 Å². The van der Waals surface area contributed by atoms with Gasteiger partial charge < -0.3 is 10.6 Å². The molecule has 4 nitrogen and oxygen atoms in total. The monoisotopic (exact) mass is 294 g/mol. The first-order chi connectivity index (χ1) is 10.7. The number of Topliss-reactive ketones (excluding diaryl/α,β-unsaturated/α-hetero) is 1. The van der Waals surface area contributed by atoms with Crippen molar-refractivity contribution in [1.29, 1.82) is 0 Å². The van der Waals surface area contributed by atoms with Crippen LogP contribution in [0.4, 0.5) is 5.69 Å². The topological polar surface area (TPSA) is 58.2 Å². The number of ketones is 1. The van der Waals surface area contributed by atoms with Crippen LogP contribution in [0.3, 0.4) is 0 Å². The van der Waals surface area contributed by atoms with E-state index in [-0.39, 0.29) is 11.7 Å². The number of carbonyl (C=O) groups excluding carboxylic acids is 2. The summed E-state index contributed by atoms with van der Waals surface area (Å²) in [7, 11) is 0. The van der Waals surface area contributed by atoms with Gasteiger partial charge in [0.15, 0.2) is 5.78 Å². The molecule has 112 valence electrons. The van der Waals surface area contributed by atoms with Gasteiger partial charge in [-0.2, -0.15) is 0 Å². The molecule has 1 heterocycles. The van der Waals surface area contributed by atoms with Gasteiger partial charge in [-0.15, -0.1) is 0 Å². The predicted octanol–water partition coefficient (Wildman–Crippen LogP) is 2.99. The van der Waals surface area contributed by atoms with E-state index in [9.17, 15) is 9.59 Å². The zero-order valence-corrected chi connectivity index (χ0v) is 12.5. The van der Waals surface area contributed by atoms with E-state index >= 15 is 0 Å². The lowest BCUT2D eigenvalue weighted by Crippen LogP contribution is -2.21. The largest absolute Gasteiger partial charge is 0.377 e. The summed E-state index contributed by atoms with van der Waals surface area (Å²) in [6.45, 7) is 2.76. The number of nitrogens with one attached hydrogen (secondary N) is 2. The molecule has 22 heavy (non-hydrogen) atoms. The van der Waals surface area contributed by atoms with Crippen molar-refractivity contribution in [3.8, 4) is 11.1 Å². The third kappa shape index (κ3) is 2.86. The molecule has 2 aromatic rings. The second kappa shape index (κ2) is 6.02. The van der Waals surface area contributed by atoms with Gasteiger partial charge in [-0.3, -0.25) is 9.59 Å². The molecule has 0 unspecified atom stereocenters. The Hall–Kier alpha value is -2.62. The number of carbonyl (C=O) groups is 2. The Kier molecular flexibility index (Phi) is 3.92. The molecule has 0 radical (unpaired) electrons. The van der Waals surface area contributed by atoms with Crippen LogP contribution in [-0.2, 0) is 11.3 Å². The number of anilines is 1. The van der Waals surface area contributed by atoms with Crippen LogP contribution in [0.25, 0.3) is 11.1 Å². The Morgan fingerprint density at radius 2 is 1.86 bits per heavy atom. The molecular weight excluding hydrogens is 276 g/mol. The van der Waals surface area contributed by atoms with Crippen LogP contribution >= 0.6 is 0 Å².